The second-order valence-corrected chi connectivity index (χ2v) is 4.83. The molecular formula is C14H13ClN4O. The Labute approximate surface area is 121 Å². The minimum Gasteiger partial charge on any atom is -0.497 e. The summed E-state index contributed by atoms with van der Waals surface area (Å²) >= 11 is 6.11. The minimum absolute atomic E-state index is 0.388. The van der Waals surface area contributed by atoms with E-state index in [-0.39, 0.29) is 0 Å². The lowest BCUT2D eigenvalue weighted by molar-refractivity contribution is 0.414. The number of pyridine rings is 1. The highest BCUT2D eigenvalue weighted by molar-refractivity contribution is 6.35. The van der Waals surface area contributed by atoms with E-state index < -0.39 is 0 Å². The lowest BCUT2D eigenvalue weighted by Gasteiger charge is -2.06. The highest BCUT2D eigenvalue weighted by atomic mass is 35.5. The molecule has 0 fully saturated rings. The lowest BCUT2D eigenvalue weighted by Crippen LogP contribution is -2.00. The van der Waals surface area contributed by atoms with Gasteiger partial charge in [0.2, 0.25) is 0 Å². The molecule has 0 atom stereocenters. The second kappa shape index (κ2) is 5.02. The van der Waals surface area contributed by atoms with Gasteiger partial charge in [-0.25, -0.2) is 9.97 Å². The fourth-order valence-electron chi connectivity index (χ4n) is 2.06. The molecule has 0 unspecified atom stereocenters. The first-order chi connectivity index (χ1) is 9.67. The molecule has 3 rings (SSSR count). The van der Waals surface area contributed by atoms with E-state index in [1.165, 1.54) is 0 Å². The van der Waals surface area contributed by atoms with Crippen molar-refractivity contribution in [1.82, 2.24) is 14.5 Å². The Balaban J connectivity index is 1.97. The summed E-state index contributed by atoms with van der Waals surface area (Å²) in [4.78, 5) is 8.57. The molecule has 0 radical (unpaired) electrons. The van der Waals surface area contributed by atoms with Crippen LogP contribution < -0.4 is 10.5 Å². The number of hydrogen-bond donors (Lipinski definition) is 1. The molecule has 0 spiro atoms. The van der Waals surface area contributed by atoms with Crippen LogP contribution in [0.3, 0.4) is 0 Å². The van der Waals surface area contributed by atoms with Gasteiger partial charge in [-0.3, -0.25) is 0 Å². The Hall–Kier alpha value is -2.27. The zero-order chi connectivity index (χ0) is 14.1. The van der Waals surface area contributed by atoms with Crippen LogP contribution in [0.5, 0.6) is 5.75 Å². The fourth-order valence-corrected chi connectivity index (χ4v) is 2.30. The average Bonchev–Trinajstić information content (AvgIpc) is 2.83. The Kier molecular flexibility index (Phi) is 3.20. The molecule has 20 heavy (non-hydrogen) atoms. The molecule has 0 aliphatic heterocycles. The number of nitrogen functional groups attached to an aromatic ring is 1. The SMILES string of the molecule is COc1ccc(Cn2cnc3c(Cl)cc(N)nc32)cc1. The molecule has 6 heteroatoms. The topological polar surface area (TPSA) is 66.0 Å². The van der Waals surface area contributed by atoms with Crippen LogP contribution >= 0.6 is 11.6 Å². The number of nitrogens with two attached hydrogens (primary N) is 1. The third kappa shape index (κ3) is 2.28. The maximum Gasteiger partial charge on any atom is 0.164 e. The van der Waals surface area contributed by atoms with E-state index in [1.54, 1.807) is 19.5 Å². The molecule has 0 saturated carbocycles. The fraction of sp³-hybridized carbons (Fsp3) is 0.143. The monoisotopic (exact) mass is 288 g/mol. The molecule has 1 aromatic carbocycles. The predicted molar refractivity (Wildman–Crippen MR) is 79.0 cm³/mol. The minimum atomic E-state index is 0.388. The largest absolute Gasteiger partial charge is 0.497 e. The molecule has 0 bridgehead atoms. The molecule has 2 heterocycles. The number of benzene rings is 1. The van der Waals surface area contributed by atoms with Gasteiger partial charge in [0.05, 0.1) is 25.0 Å². The van der Waals surface area contributed by atoms with Crippen molar-refractivity contribution in [3.63, 3.8) is 0 Å². The molecular weight excluding hydrogens is 276 g/mol. The van der Waals surface area contributed by atoms with Crippen molar-refractivity contribution in [2.24, 2.45) is 0 Å². The van der Waals surface area contributed by atoms with Crippen LogP contribution in [0.2, 0.25) is 5.02 Å². The molecule has 2 aromatic heterocycles. The quantitative estimate of drug-likeness (QED) is 0.805. The van der Waals surface area contributed by atoms with Gasteiger partial charge in [-0.15, -0.1) is 0 Å². The molecule has 2 N–H and O–H groups in total. The molecule has 0 aliphatic carbocycles. The zero-order valence-electron chi connectivity index (χ0n) is 10.9. The van der Waals surface area contributed by atoms with Gasteiger partial charge >= 0.3 is 0 Å². The van der Waals surface area contributed by atoms with Gasteiger partial charge in [-0.05, 0) is 17.7 Å². The van der Waals surface area contributed by atoms with Crippen LogP contribution in [0.1, 0.15) is 5.56 Å². The van der Waals surface area contributed by atoms with Gasteiger partial charge in [0.15, 0.2) is 5.65 Å². The number of nitrogens with zero attached hydrogens (tertiary/aromatic N) is 3. The van der Waals surface area contributed by atoms with Gasteiger partial charge < -0.3 is 15.0 Å². The number of anilines is 1. The summed E-state index contributed by atoms with van der Waals surface area (Å²) in [5.74, 6) is 1.22. The van der Waals surface area contributed by atoms with Crippen LogP contribution in [0.15, 0.2) is 36.7 Å². The predicted octanol–water partition coefficient (Wildman–Crippen LogP) is 2.72. The number of imidazole rings is 1. The Morgan fingerprint density at radius 3 is 2.75 bits per heavy atom. The van der Waals surface area contributed by atoms with Crippen LogP contribution in [-0.2, 0) is 6.54 Å². The Bertz CT molecular complexity index is 752. The van der Waals surface area contributed by atoms with Crippen molar-refractivity contribution in [2.45, 2.75) is 6.54 Å². The highest BCUT2D eigenvalue weighted by Gasteiger charge is 2.09. The normalized spacial score (nSPS) is 10.9. The van der Waals surface area contributed by atoms with E-state index in [0.717, 1.165) is 11.3 Å². The summed E-state index contributed by atoms with van der Waals surface area (Å²) in [5, 5.41) is 0.515. The van der Waals surface area contributed by atoms with E-state index in [2.05, 4.69) is 9.97 Å². The van der Waals surface area contributed by atoms with Gasteiger partial charge in [0, 0.05) is 6.07 Å². The Morgan fingerprint density at radius 1 is 1.30 bits per heavy atom. The summed E-state index contributed by atoms with van der Waals surface area (Å²) in [6.45, 7) is 0.646. The van der Waals surface area contributed by atoms with E-state index in [4.69, 9.17) is 22.1 Å². The molecule has 0 saturated heterocycles. The van der Waals surface area contributed by atoms with Crippen LogP contribution in [0.25, 0.3) is 11.2 Å². The van der Waals surface area contributed by atoms with Gasteiger partial charge in [-0.1, -0.05) is 23.7 Å². The van der Waals surface area contributed by atoms with E-state index in [1.807, 2.05) is 28.8 Å². The first-order valence-electron chi connectivity index (χ1n) is 6.07. The standard InChI is InChI=1S/C14H13ClN4O/c1-20-10-4-2-9(3-5-10)7-19-8-17-13-11(15)6-12(16)18-14(13)19/h2-6,8H,7H2,1H3,(H2,16,18). The Morgan fingerprint density at radius 2 is 2.05 bits per heavy atom. The van der Waals surface area contributed by atoms with Crippen molar-refractivity contribution in [3.05, 3.63) is 47.2 Å². The first kappa shape index (κ1) is 12.7. The third-order valence-electron chi connectivity index (χ3n) is 3.06. The molecule has 0 aliphatic rings. The van der Waals surface area contributed by atoms with E-state index >= 15 is 0 Å². The number of rotatable bonds is 3. The summed E-state index contributed by atoms with van der Waals surface area (Å²) in [7, 11) is 1.65. The highest BCUT2D eigenvalue weighted by Crippen LogP contribution is 2.23. The van der Waals surface area contributed by atoms with Gasteiger partial charge in [0.25, 0.3) is 0 Å². The van der Waals surface area contributed by atoms with Crippen LogP contribution in [0, 0.1) is 0 Å². The number of hydrogen-bond acceptors (Lipinski definition) is 4. The lowest BCUT2D eigenvalue weighted by atomic mass is 10.2. The smallest absolute Gasteiger partial charge is 0.164 e. The van der Waals surface area contributed by atoms with Crippen molar-refractivity contribution >= 4 is 28.6 Å². The van der Waals surface area contributed by atoms with Crippen LogP contribution in [-0.4, -0.2) is 21.6 Å². The van der Waals surface area contributed by atoms with E-state index in [9.17, 15) is 0 Å². The first-order valence-corrected chi connectivity index (χ1v) is 6.45. The van der Waals surface area contributed by atoms with Crippen LogP contribution in [0.4, 0.5) is 5.82 Å². The molecule has 3 aromatic rings. The number of aromatic nitrogens is 3. The van der Waals surface area contributed by atoms with Gasteiger partial charge in [-0.2, -0.15) is 0 Å². The van der Waals surface area contributed by atoms with E-state index in [0.29, 0.717) is 28.5 Å². The maximum atomic E-state index is 6.11. The average molecular weight is 289 g/mol. The summed E-state index contributed by atoms with van der Waals surface area (Å²) < 4.78 is 7.06. The number of ether oxygens (including phenoxy) is 1. The molecule has 5 nitrogen and oxygen atoms in total. The number of halogens is 1. The summed E-state index contributed by atoms with van der Waals surface area (Å²) in [5.41, 5.74) is 8.19. The van der Waals surface area contributed by atoms with Crippen molar-refractivity contribution in [1.29, 1.82) is 0 Å². The van der Waals surface area contributed by atoms with Crippen molar-refractivity contribution in [3.8, 4) is 5.75 Å². The third-order valence-corrected chi connectivity index (χ3v) is 3.35. The number of fused-ring (bicyclic) bond motifs is 1. The van der Waals surface area contributed by atoms with Gasteiger partial charge in [0.1, 0.15) is 17.1 Å². The summed E-state index contributed by atoms with van der Waals surface area (Å²) in [6.07, 6.45) is 1.72. The summed E-state index contributed by atoms with van der Waals surface area (Å²) in [6, 6.07) is 9.44. The second-order valence-electron chi connectivity index (χ2n) is 4.42. The molecule has 0 amide bonds. The number of methoxy groups -OCH3 is 1. The van der Waals surface area contributed by atoms with Crippen molar-refractivity contribution in [2.75, 3.05) is 12.8 Å². The maximum absolute atomic E-state index is 6.11. The molecule has 102 valence electrons. The zero-order valence-corrected chi connectivity index (χ0v) is 11.6. The van der Waals surface area contributed by atoms with Crippen molar-refractivity contribution < 1.29 is 4.74 Å².